The molecule has 2 unspecified atom stereocenters. The van der Waals surface area contributed by atoms with Crippen LogP contribution >= 0.6 is 0 Å². The number of ether oxygens (including phenoxy) is 3. The first kappa shape index (κ1) is 21.7. The number of hydrogen-bond acceptors (Lipinski definition) is 6. The van der Waals surface area contributed by atoms with Crippen molar-refractivity contribution in [3.05, 3.63) is 23.8 Å². The minimum atomic E-state index is -0.856. The smallest absolute Gasteiger partial charge is 0.344 e. The number of rotatable bonds is 8. The first-order valence-electron chi connectivity index (χ1n) is 9.69. The molecule has 1 fully saturated rings. The first-order chi connectivity index (χ1) is 13.4. The van der Waals surface area contributed by atoms with Crippen molar-refractivity contribution in [3.8, 4) is 11.5 Å². The summed E-state index contributed by atoms with van der Waals surface area (Å²) in [4.78, 5) is 38.0. The van der Waals surface area contributed by atoms with Gasteiger partial charge >= 0.3 is 5.97 Å². The third-order valence-electron chi connectivity index (χ3n) is 4.95. The predicted molar refractivity (Wildman–Crippen MR) is 104 cm³/mol. The lowest BCUT2D eigenvalue weighted by Gasteiger charge is -2.36. The molecule has 0 N–H and O–H groups in total. The summed E-state index contributed by atoms with van der Waals surface area (Å²) in [6, 6.07) is 4.93. The molecule has 0 aliphatic carbocycles. The van der Waals surface area contributed by atoms with Gasteiger partial charge in [0.1, 0.15) is 0 Å². The number of Topliss-reactive ketones (excluding diaryl/α,β-unsaturated/α-hetero) is 1. The van der Waals surface area contributed by atoms with E-state index in [4.69, 9.17) is 14.2 Å². The molecule has 2 atom stereocenters. The molecule has 7 heteroatoms. The molecular formula is C21H29NO6. The van der Waals surface area contributed by atoms with Crippen LogP contribution in [0.4, 0.5) is 0 Å². The van der Waals surface area contributed by atoms with E-state index in [0.717, 1.165) is 25.7 Å². The molecule has 1 aliphatic heterocycles. The summed E-state index contributed by atoms with van der Waals surface area (Å²) in [5.74, 6) is -0.221. The van der Waals surface area contributed by atoms with E-state index in [2.05, 4.69) is 6.92 Å². The molecule has 0 bridgehead atoms. The van der Waals surface area contributed by atoms with E-state index in [9.17, 15) is 14.4 Å². The van der Waals surface area contributed by atoms with Gasteiger partial charge in [0.25, 0.3) is 5.91 Å². The van der Waals surface area contributed by atoms with E-state index in [1.807, 2.05) is 4.90 Å². The van der Waals surface area contributed by atoms with Crippen LogP contribution in [0, 0.1) is 0 Å². The monoisotopic (exact) mass is 391 g/mol. The van der Waals surface area contributed by atoms with E-state index in [-0.39, 0.29) is 24.3 Å². The molecular weight excluding hydrogens is 362 g/mol. The topological polar surface area (TPSA) is 82.1 Å². The number of amides is 1. The summed E-state index contributed by atoms with van der Waals surface area (Å²) in [5.41, 5.74) is 0.484. The molecule has 1 amide bonds. The van der Waals surface area contributed by atoms with Crippen molar-refractivity contribution < 1.29 is 28.6 Å². The Morgan fingerprint density at radius 2 is 1.96 bits per heavy atom. The largest absolute Gasteiger partial charge is 0.493 e. The molecule has 0 saturated carbocycles. The molecule has 154 valence electrons. The number of benzene rings is 1. The highest BCUT2D eigenvalue weighted by Gasteiger charge is 2.30. The van der Waals surface area contributed by atoms with Gasteiger partial charge in [-0.15, -0.1) is 0 Å². The summed E-state index contributed by atoms with van der Waals surface area (Å²) >= 11 is 0. The number of nitrogens with zero attached hydrogens (tertiary/aromatic N) is 1. The third-order valence-corrected chi connectivity index (χ3v) is 4.95. The second kappa shape index (κ2) is 10.1. The fourth-order valence-electron chi connectivity index (χ4n) is 3.37. The summed E-state index contributed by atoms with van der Waals surface area (Å²) in [6.45, 7) is 5.45. The molecule has 1 aliphatic rings. The molecule has 0 radical (unpaired) electrons. The van der Waals surface area contributed by atoms with Crippen LogP contribution < -0.4 is 9.47 Å². The molecule has 0 aromatic heterocycles. The minimum Gasteiger partial charge on any atom is -0.493 e. The Morgan fingerprint density at radius 1 is 1.21 bits per heavy atom. The van der Waals surface area contributed by atoms with Crippen LogP contribution in [0.15, 0.2) is 18.2 Å². The van der Waals surface area contributed by atoms with E-state index in [1.165, 1.54) is 14.0 Å². The summed E-state index contributed by atoms with van der Waals surface area (Å²) in [5, 5.41) is 0. The van der Waals surface area contributed by atoms with Gasteiger partial charge in [-0.2, -0.15) is 0 Å². The predicted octanol–water partition coefficient (Wildman–Crippen LogP) is 3.00. The quantitative estimate of drug-likeness (QED) is 0.500. The van der Waals surface area contributed by atoms with Crippen molar-refractivity contribution in [2.45, 2.75) is 58.6 Å². The average molecular weight is 391 g/mol. The highest BCUT2D eigenvalue weighted by molar-refractivity contribution is 5.94. The molecule has 2 rings (SSSR count). The zero-order valence-electron chi connectivity index (χ0n) is 17.0. The normalized spacial score (nSPS) is 17.6. The van der Waals surface area contributed by atoms with Gasteiger partial charge in [0.15, 0.2) is 30.0 Å². The van der Waals surface area contributed by atoms with Crippen molar-refractivity contribution in [1.82, 2.24) is 4.90 Å². The van der Waals surface area contributed by atoms with E-state index >= 15 is 0 Å². The molecule has 1 saturated heterocycles. The summed E-state index contributed by atoms with van der Waals surface area (Å²) < 4.78 is 15.9. The van der Waals surface area contributed by atoms with E-state index in [1.54, 1.807) is 25.1 Å². The van der Waals surface area contributed by atoms with Crippen LogP contribution in [-0.4, -0.2) is 55.0 Å². The Hall–Kier alpha value is -2.57. The Morgan fingerprint density at radius 3 is 2.61 bits per heavy atom. The highest BCUT2D eigenvalue weighted by Crippen LogP contribution is 2.28. The average Bonchev–Trinajstić information content (AvgIpc) is 2.71. The molecule has 1 aromatic carbocycles. The molecule has 0 spiro atoms. The maximum atomic E-state index is 12.6. The fraction of sp³-hybridized carbons (Fsp3) is 0.571. The summed E-state index contributed by atoms with van der Waals surface area (Å²) in [6.07, 6.45) is 3.12. The Bertz CT molecular complexity index is 717. The number of piperidine rings is 1. The van der Waals surface area contributed by atoms with Gasteiger partial charge in [0.2, 0.25) is 0 Å². The SMILES string of the molecule is CCC1CCCCN1C(=O)C(C)OC(=O)COc1ccc(C(C)=O)cc1OC. The Labute approximate surface area is 165 Å². The number of carbonyl (C=O) groups is 3. The molecule has 28 heavy (non-hydrogen) atoms. The maximum Gasteiger partial charge on any atom is 0.344 e. The second-order valence-electron chi connectivity index (χ2n) is 6.93. The number of ketones is 1. The van der Waals surface area contributed by atoms with Crippen LogP contribution in [0.3, 0.4) is 0 Å². The lowest BCUT2D eigenvalue weighted by molar-refractivity contribution is -0.162. The number of carbonyl (C=O) groups excluding carboxylic acids is 3. The number of likely N-dealkylation sites (tertiary alicyclic amines) is 1. The third kappa shape index (κ3) is 5.47. The van der Waals surface area contributed by atoms with Gasteiger partial charge < -0.3 is 19.1 Å². The lowest BCUT2D eigenvalue weighted by Crippen LogP contribution is -2.48. The van der Waals surface area contributed by atoms with Crippen molar-refractivity contribution in [1.29, 1.82) is 0 Å². The zero-order valence-corrected chi connectivity index (χ0v) is 17.0. The van der Waals surface area contributed by atoms with Crippen LogP contribution in [-0.2, 0) is 14.3 Å². The summed E-state index contributed by atoms with van der Waals surface area (Å²) in [7, 11) is 1.45. The van der Waals surface area contributed by atoms with E-state index < -0.39 is 12.1 Å². The Kier molecular flexibility index (Phi) is 7.84. The number of esters is 1. The van der Waals surface area contributed by atoms with Crippen molar-refractivity contribution >= 4 is 17.7 Å². The van der Waals surface area contributed by atoms with Crippen LogP contribution in [0.1, 0.15) is 56.8 Å². The van der Waals surface area contributed by atoms with Gasteiger partial charge in [-0.1, -0.05) is 6.92 Å². The van der Waals surface area contributed by atoms with Crippen molar-refractivity contribution in [3.63, 3.8) is 0 Å². The van der Waals surface area contributed by atoms with Gasteiger partial charge in [-0.05, 0) is 57.7 Å². The lowest BCUT2D eigenvalue weighted by atomic mass is 9.99. The molecule has 7 nitrogen and oxygen atoms in total. The Balaban J connectivity index is 1.91. The maximum absolute atomic E-state index is 12.6. The van der Waals surface area contributed by atoms with Crippen LogP contribution in [0.2, 0.25) is 0 Å². The van der Waals surface area contributed by atoms with Crippen LogP contribution in [0.5, 0.6) is 11.5 Å². The van der Waals surface area contributed by atoms with Gasteiger partial charge in [-0.25, -0.2) is 4.79 Å². The number of methoxy groups -OCH3 is 1. The molecule has 1 heterocycles. The fourth-order valence-corrected chi connectivity index (χ4v) is 3.37. The van der Waals surface area contributed by atoms with Gasteiger partial charge in [0.05, 0.1) is 7.11 Å². The van der Waals surface area contributed by atoms with Crippen LogP contribution in [0.25, 0.3) is 0 Å². The van der Waals surface area contributed by atoms with Crippen molar-refractivity contribution in [2.24, 2.45) is 0 Å². The van der Waals surface area contributed by atoms with Gasteiger partial charge in [0, 0.05) is 18.2 Å². The van der Waals surface area contributed by atoms with Crippen molar-refractivity contribution in [2.75, 3.05) is 20.3 Å². The van der Waals surface area contributed by atoms with E-state index in [0.29, 0.717) is 23.6 Å². The standard InChI is InChI=1S/C21H29NO6/c1-5-17-8-6-7-11-22(17)21(25)15(3)28-20(24)13-27-18-10-9-16(14(2)23)12-19(18)26-4/h9-10,12,15,17H,5-8,11,13H2,1-4H3. The highest BCUT2D eigenvalue weighted by atomic mass is 16.6. The zero-order chi connectivity index (χ0) is 20.7. The molecule has 1 aromatic rings. The van der Waals surface area contributed by atoms with Gasteiger partial charge in [-0.3, -0.25) is 9.59 Å². The second-order valence-corrected chi connectivity index (χ2v) is 6.93. The minimum absolute atomic E-state index is 0.0975. The number of hydrogen-bond donors (Lipinski definition) is 0. The first-order valence-corrected chi connectivity index (χ1v) is 9.69.